The summed E-state index contributed by atoms with van der Waals surface area (Å²) in [5.74, 6) is -3.69. The van der Waals surface area contributed by atoms with E-state index >= 15 is 0 Å². The Bertz CT molecular complexity index is 1020. The first-order valence-corrected chi connectivity index (χ1v) is 9.90. The molecule has 10 heteroatoms. The average molecular weight is 475 g/mol. The normalized spacial score (nSPS) is 15.2. The van der Waals surface area contributed by atoms with Crippen LogP contribution < -0.4 is 4.90 Å². The molecule has 31 heavy (non-hydrogen) atoms. The molecule has 1 aliphatic rings. The standard InChI is InChI=1S/C21H16Cl2F4N2O2/c22-17-3-1-2-13(18(17)23)12-16(19(30)21(25,26)27)20(31)29-10-8-28(9-11-29)15-6-4-14(24)5-7-15/h1-7,12H,8-11H2. The zero-order chi connectivity index (χ0) is 22.8. The van der Waals surface area contributed by atoms with Crippen LogP contribution in [0.3, 0.4) is 0 Å². The Morgan fingerprint density at radius 3 is 2.13 bits per heavy atom. The number of carbonyl (C=O) groups excluding carboxylic acids is 2. The Kier molecular flexibility index (Phi) is 6.91. The van der Waals surface area contributed by atoms with Gasteiger partial charge in [0.1, 0.15) is 5.82 Å². The Balaban J connectivity index is 1.84. The van der Waals surface area contributed by atoms with Crippen molar-refractivity contribution >= 4 is 46.7 Å². The van der Waals surface area contributed by atoms with Crippen molar-refractivity contribution < 1.29 is 27.2 Å². The number of halogens is 6. The first-order valence-electron chi connectivity index (χ1n) is 9.15. The molecular weight excluding hydrogens is 459 g/mol. The van der Waals surface area contributed by atoms with Crippen molar-refractivity contribution in [3.05, 3.63) is 69.5 Å². The summed E-state index contributed by atoms with van der Waals surface area (Å²) in [5.41, 5.74) is -0.284. The van der Waals surface area contributed by atoms with Gasteiger partial charge in [0.25, 0.3) is 11.7 Å². The highest BCUT2D eigenvalue weighted by Gasteiger charge is 2.44. The molecule has 0 saturated carbocycles. The number of anilines is 1. The Morgan fingerprint density at radius 1 is 0.935 bits per heavy atom. The van der Waals surface area contributed by atoms with Crippen LogP contribution in [0.4, 0.5) is 23.2 Å². The van der Waals surface area contributed by atoms with Gasteiger partial charge in [0.15, 0.2) is 0 Å². The lowest BCUT2D eigenvalue weighted by molar-refractivity contribution is -0.167. The maximum atomic E-state index is 13.2. The molecule has 0 unspecified atom stereocenters. The number of nitrogens with zero attached hydrogens (tertiary/aromatic N) is 2. The summed E-state index contributed by atoms with van der Waals surface area (Å²) < 4.78 is 52.6. The van der Waals surface area contributed by atoms with Gasteiger partial charge in [0.2, 0.25) is 0 Å². The van der Waals surface area contributed by atoms with Crippen LogP contribution >= 0.6 is 23.2 Å². The van der Waals surface area contributed by atoms with Crippen molar-refractivity contribution in [3.63, 3.8) is 0 Å². The lowest BCUT2D eigenvalue weighted by Crippen LogP contribution is -2.50. The van der Waals surface area contributed by atoms with E-state index in [-0.39, 0.29) is 28.7 Å². The largest absolute Gasteiger partial charge is 0.455 e. The number of rotatable bonds is 4. The number of carbonyl (C=O) groups is 2. The highest BCUT2D eigenvalue weighted by atomic mass is 35.5. The lowest BCUT2D eigenvalue weighted by Gasteiger charge is -2.36. The number of amides is 1. The van der Waals surface area contributed by atoms with Gasteiger partial charge in [0.05, 0.1) is 15.6 Å². The van der Waals surface area contributed by atoms with Crippen LogP contribution in [0, 0.1) is 5.82 Å². The molecule has 0 N–H and O–H groups in total. The van der Waals surface area contributed by atoms with E-state index in [9.17, 15) is 27.2 Å². The van der Waals surface area contributed by atoms with Gasteiger partial charge in [0, 0.05) is 31.9 Å². The summed E-state index contributed by atoms with van der Waals surface area (Å²) >= 11 is 11.9. The Morgan fingerprint density at radius 2 is 1.55 bits per heavy atom. The van der Waals surface area contributed by atoms with Crippen molar-refractivity contribution in [1.29, 1.82) is 0 Å². The quantitative estimate of drug-likeness (QED) is 0.271. The summed E-state index contributed by atoms with van der Waals surface area (Å²) in [6.07, 6.45) is -4.42. The number of hydrogen-bond donors (Lipinski definition) is 0. The van der Waals surface area contributed by atoms with E-state index in [0.717, 1.165) is 11.8 Å². The van der Waals surface area contributed by atoms with E-state index in [1.54, 1.807) is 12.1 Å². The second kappa shape index (κ2) is 9.28. The fraction of sp³-hybridized carbons (Fsp3) is 0.238. The first-order chi connectivity index (χ1) is 14.6. The third-order valence-electron chi connectivity index (χ3n) is 4.77. The molecule has 164 valence electrons. The average Bonchev–Trinajstić information content (AvgIpc) is 2.74. The molecular formula is C21H16Cl2F4N2O2. The van der Waals surface area contributed by atoms with Gasteiger partial charge in [-0.2, -0.15) is 13.2 Å². The second-order valence-corrected chi connectivity index (χ2v) is 7.57. The molecule has 1 saturated heterocycles. The van der Waals surface area contributed by atoms with Gasteiger partial charge in [-0.05, 0) is 42.0 Å². The summed E-state index contributed by atoms with van der Waals surface area (Å²) in [6, 6.07) is 9.98. The summed E-state index contributed by atoms with van der Waals surface area (Å²) in [7, 11) is 0. The fourth-order valence-corrected chi connectivity index (χ4v) is 3.52. The molecule has 1 aliphatic heterocycles. The smallest absolute Gasteiger partial charge is 0.368 e. The lowest BCUT2D eigenvalue weighted by atomic mass is 10.0. The maximum absolute atomic E-state index is 13.2. The third kappa shape index (κ3) is 5.37. The molecule has 0 atom stereocenters. The molecule has 0 aliphatic carbocycles. The molecule has 0 spiro atoms. The van der Waals surface area contributed by atoms with Gasteiger partial charge < -0.3 is 9.80 Å². The highest BCUT2D eigenvalue weighted by Crippen LogP contribution is 2.30. The van der Waals surface area contributed by atoms with Gasteiger partial charge in [-0.3, -0.25) is 9.59 Å². The van der Waals surface area contributed by atoms with Gasteiger partial charge in [-0.25, -0.2) is 4.39 Å². The van der Waals surface area contributed by atoms with Crippen molar-refractivity contribution in [1.82, 2.24) is 4.90 Å². The zero-order valence-electron chi connectivity index (χ0n) is 15.9. The summed E-state index contributed by atoms with van der Waals surface area (Å²) in [4.78, 5) is 27.9. The monoisotopic (exact) mass is 474 g/mol. The van der Waals surface area contributed by atoms with Crippen molar-refractivity contribution in [2.45, 2.75) is 6.18 Å². The van der Waals surface area contributed by atoms with Gasteiger partial charge in [-0.15, -0.1) is 0 Å². The van der Waals surface area contributed by atoms with Crippen LogP contribution in [0.5, 0.6) is 0 Å². The molecule has 1 fully saturated rings. The molecule has 1 amide bonds. The van der Waals surface area contributed by atoms with Crippen LogP contribution in [0.15, 0.2) is 48.0 Å². The van der Waals surface area contributed by atoms with Crippen LogP contribution in [-0.4, -0.2) is 48.9 Å². The number of piperazine rings is 1. The maximum Gasteiger partial charge on any atom is 0.455 e. The van der Waals surface area contributed by atoms with Gasteiger partial charge >= 0.3 is 6.18 Å². The van der Waals surface area contributed by atoms with E-state index in [1.165, 1.54) is 35.2 Å². The number of ketones is 1. The van der Waals surface area contributed by atoms with Crippen molar-refractivity contribution in [2.75, 3.05) is 31.1 Å². The predicted octanol–water partition coefficient (Wildman–Crippen LogP) is 5.00. The Labute approximate surface area is 185 Å². The van der Waals surface area contributed by atoms with E-state index in [1.807, 2.05) is 4.90 Å². The minimum atomic E-state index is -5.23. The van der Waals surface area contributed by atoms with Crippen LogP contribution in [0.1, 0.15) is 5.56 Å². The number of hydrogen-bond acceptors (Lipinski definition) is 3. The van der Waals surface area contributed by atoms with Crippen LogP contribution in [0.25, 0.3) is 6.08 Å². The van der Waals surface area contributed by atoms with E-state index in [4.69, 9.17) is 23.2 Å². The van der Waals surface area contributed by atoms with E-state index < -0.39 is 29.3 Å². The minimum Gasteiger partial charge on any atom is -0.368 e. The molecule has 0 radical (unpaired) electrons. The van der Waals surface area contributed by atoms with Crippen LogP contribution in [0.2, 0.25) is 10.0 Å². The second-order valence-electron chi connectivity index (χ2n) is 6.78. The SMILES string of the molecule is O=C(C(=Cc1cccc(Cl)c1Cl)C(=O)C(F)(F)F)N1CCN(c2ccc(F)cc2)CC1. The predicted molar refractivity (Wildman–Crippen MR) is 111 cm³/mol. The number of alkyl halides is 3. The number of Topliss-reactive ketones (excluding diaryl/α,β-unsaturated/α-hetero) is 1. The molecule has 4 nitrogen and oxygen atoms in total. The molecule has 3 rings (SSSR count). The topological polar surface area (TPSA) is 40.6 Å². The van der Waals surface area contributed by atoms with Crippen LogP contribution in [-0.2, 0) is 9.59 Å². The summed E-state index contributed by atoms with van der Waals surface area (Å²) in [6.45, 7) is 0.787. The zero-order valence-corrected chi connectivity index (χ0v) is 17.4. The van der Waals surface area contributed by atoms with Crippen molar-refractivity contribution in [2.24, 2.45) is 0 Å². The van der Waals surface area contributed by atoms with E-state index in [2.05, 4.69) is 0 Å². The molecule has 0 bridgehead atoms. The fourth-order valence-electron chi connectivity index (χ4n) is 3.15. The molecule has 1 heterocycles. The number of benzene rings is 2. The van der Waals surface area contributed by atoms with Crippen molar-refractivity contribution in [3.8, 4) is 0 Å². The van der Waals surface area contributed by atoms with E-state index in [0.29, 0.717) is 13.1 Å². The highest BCUT2D eigenvalue weighted by molar-refractivity contribution is 6.43. The summed E-state index contributed by atoms with van der Waals surface area (Å²) in [5, 5.41) is 0.0140. The first kappa shape index (κ1) is 23.1. The molecule has 2 aromatic rings. The molecule has 2 aromatic carbocycles. The third-order valence-corrected chi connectivity index (χ3v) is 5.61. The Hall–Kier alpha value is -2.58. The minimum absolute atomic E-state index is 0.0278. The van der Waals surface area contributed by atoms with Gasteiger partial charge in [-0.1, -0.05) is 35.3 Å². The molecule has 0 aromatic heterocycles.